The van der Waals surface area contributed by atoms with Gasteiger partial charge < -0.3 is 9.84 Å². The van der Waals surface area contributed by atoms with E-state index in [2.05, 4.69) is 42.5 Å². The van der Waals surface area contributed by atoms with Crippen molar-refractivity contribution < 1.29 is 4.52 Å². The highest BCUT2D eigenvalue weighted by atomic mass is 16.5. The van der Waals surface area contributed by atoms with Crippen LogP contribution in [0.5, 0.6) is 0 Å². The van der Waals surface area contributed by atoms with Gasteiger partial charge in [0.1, 0.15) is 0 Å². The Kier molecular flexibility index (Phi) is 4.94. The molecule has 4 rings (SSSR count). The zero-order chi connectivity index (χ0) is 19.8. The molecule has 0 aliphatic carbocycles. The Morgan fingerprint density at radius 2 is 1.89 bits per heavy atom. The number of hydrogen-bond donors (Lipinski definition) is 1. The van der Waals surface area contributed by atoms with Crippen LogP contribution in [0.25, 0.3) is 5.95 Å². The predicted octanol–water partition coefficient (Wildman–Crippen LogP) is 1.45. The van der Waals surface area contributed by atoms with Gasteiger partial charge in [0, 0.05) is 42.3 Å². The smallest absolute Gasteiger partial charge is 0.251 e. The fourth-order valence-corrected chi connectivity index (χ4v) is 3.65. The molecule has 1 aliphatic rings. The maximum absolute atomic E-state index is 5.55. The summed E-state index contributed by atoms with van der Waals surface area (Å²) in [5.41, 5.74) is 4.80. The number of nitrogens with zero attached hydrogens (tertiary/aromatic N) is 7. The Hall–Kier alpha value is -2.65. The first-order valence-corrected chi connectivity index (χ1v) is 9.53. The van der Waals surface area contributed by atoms with Crippen LogP contribution in [0.3, 0.4) is 0 Å². The molecule has 9 heteroatoms. The molecule has 0 radical (unpaired) electrons. The summed E-state index contributed by atoms with van der Waals surface area (Å²) in [6.45, 7) is 10.7. The maximum atomic E-state index is 5.55. The molecule has 1 fully saturated rings. The summed E-state index contributed by atoms with van der Waals surface area (Å²) in [7, 11) is 2.09. The number of aromatic nitrogens is 6. The van der Waals surface area contributed by atoms with E-state index in [-0.39, 0.29) is 6.04 Å². The average Bonchev–Trinajstić information content (AvgIpc) is 3.21. The van der Waals surface area contributed by atoms with Crippen LogP contribution in [0, 0.1) is 27.7 Å². The van der Waals surface area contributed by atoms with Gasteiger partial charge in [-0.3, -0.25) is 4.90 Å². The summed E-state index contributed by atoms with van der Waals surface area (Å²) in [5.74, 6) is 1.91. The monoisotopic (exact) mass is 382 g/mol. The summed E-state index contributed by atoms with van der Waals surface area (Å²) < 4.78 is 7.34. The third kappa shape index (κ3) is 3.55. The Labute approximate surface area is 164 Å². The minimum absolute atomic E-state index is 0.139. The molecule has 1 N–H and O–H groups in total. The summed E-state index contributed by atoms with van der Waals surface area (Å²) in [6, 6.07) is 2.09. The van der Waals surface area contributed by atoms with Gasteiger partial charge in [0.25, 0.3) is 5.95 Å². The van der Waals surface area contributed by atoms with Crippen molar-refractivity contribution in [3.8, 4) is 5.95 Å². The van der Waals surface area contributed by atoms with Crippen molar-refractivity contribution in [2.45, 2.75) is 40.2 Å². The minimum Gasteiger partial charge on any atom is -0.339 e. The molecule has 3 aromatic heterocycles. The van der Waals surface area contributed by atoms with Gasteiger partial charge in [-0.2, -0.15) is 10.1 Å². The fraction of sp³-hybridized carbons (Fsp3) is 0.526. The number of rotatable bonds is 4. The number of likely N-dealkylation sites (N-methyl/N-ethyl adjacent to an activating group) is 1. The quantitative estimate of drug-likeness (QED) is 0.724. The Morgan fingerprint density at radius 1 is 1.14 bits per heavy atom. The summed E-state index contributed by atoms with van der Waals surface area (Å²) in [6.07, 6.45) is 0.541. The second-order valence-electron chi connectivity index (χ2n) is 7.44. The molecule has 3 aromatic rings. The molecule has 1 saturated heterocycles. The minimum atomic E-state index is 0.139. The van der Waals surface area contributed by atoms with E-state index >= 15 is 0 Å². The van der Waals surface area contributed by atoms with Gasteiger partial charge in [-0.05, 0) is 40.8 Å². The van der Waals surface area contributed by atoms with E-state index < -0.39 is 0 Å². The van der Waals surface area contributed by atoms with Crippen molar-refractivity contribution in [3.05, 3.63) is 46.1 Å². The van der Waals surface area contributed by atoms with Gasteiger partial charge in [-0.15, -0.1) is 0 Å². The molecule has 148 valence electrons. The fourth-order valence-electron chi connectivity index (χ4n) is 3.65. The van der Waals surface area contributed by atoms with Gasteiger partial charge in [-0.25, -0.2) is 14.6 Å². The molecular formula is C19H26N8O. The zero-order valence-electron chi connectivity index (χ0n) is 17.0. The standard InChI is InChI=1S/C19H26N8O/c1-11-8-12(2)22-19(21-11)27-14(4)15(13(3)24-27)9-17-23-18(25-28-17)16-10-20-6-7-26(16)5/h8,16,20H,6-7,9-10H2,1-5H3. The van der Waals surface area contributed by atoms with E-state index in [1.54, 1.807) is 4.68 Å². The van der Waals surface area contributed by atoms with E-state index in [0.29, 0.717) is 18.3 Å². The van der Waals surface area contributed by atoms with Crippen molar-refractivity contribution in [2.75, 3.05) is 26.7 Å². The second-order valence-corrected chi connectivity index (χ2v) is 7.44. The Morgan fingerprint density at radius 3 is 2.61 bits per heavy atom. The molecule has 1 unspecified atom stereocenters. The molecule has 9 nitrogen and oxygen atoms in total. The van der Waals surface area contributed by atoms with Gasteiger partial charge in [0.05, 0.1) is 18.2 Å². The van der Waals surface area contributed by atoms with Crippen LogP contribution in [0.1, 0.15) is 46.1 Å². The third-order valence-corrected chi connectivity index (χ3v) is 5.22. The van der Waals surface area contributed by atoms with Crippen LogP contribution in [0.2, 0.25) is 0 Å². The van der Waals surface area contributed by atoms with Crippen molar-refractivity contribution in [1.82, 2.24) is 40.1 Å². The highest BCUT2D eigenvalue weighted by Crippen LogP contribution is 2.22. The lowest BCUT2D eigenvalue weighted by Gasteiger charge is -2.30. The van der Waals surface area contributed by atoms with Gasteiger partial charge in [-0.1, -0.05) is 5.16 Å². The summed E-state index contributed by atoms with van der Waals surface area (Å²) in [5, 5.41) is 12.2. The lowest BCUT2D eigenvalue weighted by Crippen LogP contribution is -2.44. The van der Waals surface area contributed by atoms with Crippen LogP contribution in [-0.4, -0.2) is 61.5 Å². The van der Waals surface area contributed by atoms with Crippen molar-refractivity contribution in [3.63, 3.8) is 0 Å². The topological polar surface area (TPSA) is 97.8 Å². The molecule has 0 saturated carbocycles. The van der Waals surface area contributed by atoms with E-state index in [9.17, 15) is 0 Å². The largest absolute Gasteiger partial charge is 0.339 e. The predicted molar refractivity (Wildman–Crippen MR) is 103 cm³/mol. The van der Waals surface area contributed by atoms with E-state index in [0.717, 1.165) is 53.8 Å². The first kappa shape index (κ1) is 18.7. The maximum Gasteiger partial charge on any atom is 0.251 e. The molecule has 0 amide bonds. The number of nitrogens with one attached hydrogen (secondary N) is 1. The number of aryl methyl sites for hydroxylation is 3. The zero-order valence-corrected chi connectivity index (χ0v) is 17.0. The molecule has 0 bridgehead atoms. The average molecular weight is 382 g/mol. The molecule has 28 heavy (non-hydrogen) atoms. The second kappa shape index (κ2) is 7.40. The normalized spacial score (nSPS) is 18.0. The van der Waals surface area contributed by atoms with Crippen LogP contribution in [0.15, 0.2) is 10.6 Å². The van der Waals surface area contributed by atoms with Gasteiger partial charge in [0.2, 0.25) is 5.89 Å². The number of hydrogen-bond acceptors (Lipinski definition) is 8. The lowest BCUT2D eigenvalue weighted by molar-refractivity contribution is 0.190. The highest BCUT2D eigenvalue weighted by molar-refractivity contribution is 5.32. The molecular weight excluding hydrogens is 356 g/mol. The SMILES string of the molecule is Cc1cc(C)nc(-n2nc(C)c(Cc3nc(C4CNCCN4C)no3)c2C)n1. The van der Waals surface area contributed by atoms with Crippen LogP contribution in [0.4, 0.5) is 0 Å². The molecule has 0 aromatic carbocycles. The number of piperazine rings is 1. The van der Waals surface area contributed by atoms with E-state index in [1.165, 1.54) is 0 Å². The lowest BCUT2D eigenvalue weighted by atomic mass is 10.1. The molecule has 1 aliphatic heterocycles. The molecule has 0 spiro atoms. The highest BCUT2D eigenvalue weighted by Gasteiger charge is 2.26. The van der Waals surface area contributed by atoms with E-state index in [4.69, 9.17) is 4.52 Å². The molecule has 1 atom stereocenters. The Balaban J connectivity index is 1.60. The summed E-state index contributed by atoms with van der Waals surface area (Å²) >= 11 is 0. The third-order valence-electron chi connectivity index (χ3n) is 5.22. The van der Waals surface area contributed by atoms with Crippen molar-refractivity contribution >= 4 is 0 Å². The first-order chi connectivity index (χ1) is 13.4. The van der Waals surface area contributed by atoms with Crippen molar-refractivity contribution in [1.29, 1.82) is 0 Å². The van der Waals surface area contributed by atoms with Crippen LogP contribution in [-0.2, 0) is 6.42 Å². The molecule has 4 heterocycles. The van der Waals surface area contributed by atoms with E-state index in [1.807, 2.05) is 33.8 Å². The first-order valence-electron chi connectivity index (χ1n) is 9.53. The van der Waals surface area contributed by atoms with Crippen LogP contribution < -0.4 is 5.32 Å². The van der Waals surface area contributed by atoms with Crippen molar-refractivity contribution in [2.24, 2.45) is 0 Å². The van der Waals surface area contributed by atoms with Gasteiger partial charge in [0.15, 0.2) is 5.82 Å². The Bertz CT molecular complexity index is 972. The van der Waals surface area contributed by atoms with Gasteiger partial charge >= 0.3 is 0 Å². The van der Waals surface area contributed by atoms with Crippen LogP contribution >= 0.6 is 0 Å². The summed E-state index contributed by atoms with van der Waals surface area (Å²) in [4.78, 5) is 15.9.